The second kappa shape index (κ2) is 8.48. The van der Waals surface area contributed by atoms with E-state index in [9.17, 15) is 9.59 Å². The maximum Gasteiger partial charge on any atom is 0.277 e. The number of aromatic nitrogens is 2. The molecule has 2 heterocycles. The molecule has 168 valence electrons. The van der Waals surface area contributed by atoms with Crippen molar-refractivity contribution >= 4 is 17.5 Å². The highest BCUT2D eigenvalue weighted by Crippen LogP contribution is 2.36. The minimum Gasteiger partial charge on any atom is -0.354 e. The van der Waals surface area contributed by atoms with E-state index in [2.05, 4.69) is 46.9 Å². The average molecular weight is 425 g/mol. The maximum atomic E-state index is 13.8. The van der Waals surface area contributed by atoms with Crippen LogP contribution in [0.4, 0.5) is 5.69 Å². The molecule has 1 aromatic heterocycles. The molecule has 6 heteroatoms. The van der Waals surface area contributed by atoms with Crippen LogP contribution in [0, 0.1) is 5.92 Å². The van der Waals surface area contributed by atoms with Gasteiger partial charge in [-0.3, -0.25) is 19.2 Å². The molecule has 0 fully saturated rings. The quantitative estimate of drug-likeness (QED) is 0.751. The highest BCUT2D eigenvalue weighted by Gasteiger charge is 2.49. The molecule has 3 rings (SSSR count). The third-order valence-corrected chi connectivity index (χ3v) is 6.03. The van der Waals surface area contributed by atoms with Crippen molar-refractivity contribution in [1.82, 2.24) is 15.1 Å². The summed E-state index contributed by atoms with van der Waals surface area (Å²) in [5.74, 6) is 0.160. The van der Waals surface area contributed by atoms with Gasteiger partial charge in [0.05, 0.1) is 12.2 Å². The van der Waals surface area contributed by atoms with Crippen LogP contribution in [-0.4, -0.2) is 33.7 Å². The number of hydrogen-bond donors (Lipinski definition) is 1. The van der Waals surface area contributed by atoms with Gasteiger partial charge in [-0.2, -0.15) is 5.10 Å². The molecule has 0 bridgehead atoms. The number of fused-ring (bicyclic) bond motifs is 1. The van der Waals surface area contributed by atoms with Gasteiger partial charge < -0.3 is 5.32 Å². The Labute approximate surface area is 186 Å². The Bertz CT molecular complexity index is 970. The molecule has 0 saturated heterocycles. The molecule has 1 aliphatic heterocycles. The number of rotatable bonds is 6. The van der Waals surface area contributed by atoms with Crippen LogP contribution in [0.15, 0.2) is 30.3 Å². The molecule has 0 aliphatic carbocycles. The summed E-state index contributed by atoms with van der Waals surface area (Å²) in [5.41, 5.74) is 1.95. The Kier molecular flexibility index (Phi) is 6.30. The first-order chi connectivity index (χ1) is 14.5. The van der Waals surface area contributed by atoms with E-state index < -0.39 is 5.54 Å². The standard InChI is InChI=1S/C25H36N4O2/c1-8-18-11-9-10-12-19(18)29-22(30)20-15-21(24(4,5)6)27-28(20)16-25(29,7)23(31)26-14-13-17(2)3/h9-12,15,17H,8,13-14,16H2,1-7H3,(H,26,31). The molecule has 1 unspecified atom stereocenters. The van der Waals surface area contributed by atoms with Crippen LogP contribution in [0.3, 0.4) is 0 Å². The predicted molar refractivity (Wildman–Crippen MR) is 124 cm³/mol. The Morgan fingerprint density at radius 3 is 2.55 bits per heavy atom. The highest BCUT2D eigenvalue weighted by atomic mass is 16.2. The lowest BCUT2D eigenvalue weighted by molar-refractivity contribution is -0.126. The monoisotopic (exact) mass is 424 g/mol. The number of para-hydroxylation sites is 1. The van der Waals surface area contributed by atoms with Crippen LogP contribution in [0.2, 0.25) is 0 Å². The Balaban J connectivity index is 2.10. The fourth-order valence-electron chi connectivity index (χ4n) is 4.02. The molecule has 1 N–H and O–H groups in total. The van der Waals surface area contributed by atoms with Crippen LogP contribution < -0.4 is 10.2 Å². The topological polar surface area (TPSA) is 67.2 Å². The van der Waals surface area contributed by atoms with Crippen LogP contribution in [0.5, 0.6) is 0 Å². The van der Waals surface area contributed by atoms with Gasteiger partial charge in [-0.05, 0) is 43.4 Å². The predicted octanol–water partition coefficient (Wildman–Crippen LogP) is 4.32. The van der Waals surface area contributed by atoms with E-state index in [1.165, 1.54) is 0 Å². The first kappa shape index (κ1) is 23.0. The molecule has 31 heavy (non-hydrogen) atoms. The fourth-order valence-corrected chi connectivity index (χ4v) is 4.02. The van der Waals surface area contributed by atoms with E-state index in [0.29, 0.717) is 24.7 Å². The van der Waals surface area contributed by atoms with E-state index in [0.717, 1.165) is 29.8 Å². The minimum absolute atomic E-state index is 0.147. The van der Waals surface area contributed by atoms with Gasteiger partial charge in [0.15, 0.2) is 0 Å². The van der Waals surface area contributed by atoms with Gasteiger partial charge in [0.2, 0.25) is 5.91 Å². The van der Waals surface area contributed by atoms with Gasteiger partial charge in [0, 0.05) is 17.6 Å². The summed E-state index contributed by atoms with van der Waals surface area (Å²) in [4.78, 5) is 29.0. The number of benzene rings is 1. The zero-order chi connectivity index (χ0) is 23.0. The van der Waals surface area contributed by atoms with Crippen molar-refractivity contribution in [1.29, 1.82) is 0 Å². The maximum absolute atomic E-state index is 13.8. The molecule has 1 aromatic carbocycles. The molecule has 0 radical (unpaired) electrons. The lowest BCUT2D eigenvalue weighted by Crippen LogP contribution is -2.64. The Morgan fingerprint density at radius 2 is 1.94 bits per heavy atom. The third kappa shape index (κ3) is 4.39. The highest BCUT2D eigenvalue weighted by molar-refractivity contribution is 6.12. The van der Waals surface area contributed by atoms with Crippen molar-refractivity contribution in [3.8, 4) is 0 Å². The van der Waals surface area contributed by atoms with Crippen LogP contribution >= 0.6 is 0 Å². The average Bonchev–Trinajstić information content (AvgIpc) is 3.12. The number of nitrogens with one attached hydrogen (secondary N) is 1. The molecule has 2 amide bonds. The van der Waals surface area contributed by atoms with E-state index in [1.54, 1.807) is 9.58 Å². The van der Waals surface area contributed by atoms with Crippen LogP contribution in [0.25, 0.3) is 0 Å². The summed E-state index contributed by atoms with van der Waals surface area (Å²) in [7, 11) is 0. The summed E-state index contributed by atoms with van der Waals surface area (Å²) in [6.07, 6.45) is 1.67. The Morgan fingerprint density at radius 1 is 1.26 bits per heavy atom. The number of anilines is 1. The molecule has 1 atom stereocenters. The van der Waals surface area contributed by atoms with Crippen molar-refractivity contribution in [3.63, 3.8) is 0 Å². The van der Waals surface area contributed by atoms with Crippen molar-refractivity contribution in [2.75, 3.05) is 11.4 Å². The number of nitrogens with zero attached hydrogens (tertiary/aromatic N) is 3. The summed E-state index contributed by atoms with van der Waals surface area (Å²) in [6, 6.07) is 9.73. The summed E-state index contributed by atoms with van der Waals surface area (Å²) in [6.45, 7) is 15.3. The fraction of sp³-hybridized carbons (Fsp3) is 0.560. The first-order valence-electron chi connectivity index (χ1n) is 11.3. The van der Waals surface area contributed by atoms with E-state index in [1.807, 2.05) is 37.3 Å². The van der Waals surface area contributed by atoms with Crippen molar-refractivity contribution in [2.45, 2.75) is 78.8 Å². The van der Waals surface area contributed by atoms with Gasteiger partial charge in [0.25, 0.3) is 5.91 Å². The van der Waals surface area contributed by atoms with E-state index >= 15 is 0 Å². The van der Waals surface area contributed by atoms with Gasteiger partial charge in [-0.1, -0.05) is 59.7 Å². The first-order valence-corrected chi connectivity index (χ1v) is 11.3. The number of aryl methyl sites for hydroxylation is 1. The molecular weight excluding hydrogens is 388 g/mol. The van der Waals surface area contributed by atoms with Gasteiger partial charge >= 0.3 is 0 Å². The summed E-state index contributed by atoms with van der Waals surface area (Å²) in [5, 5.41) is 7.79. The smallest absolute Gasteiger partial charge is 0.277 e. The third-order valence-electron chi connectivity index (χ3n) is 6.03. The second-order valence-electron chi connectivity index (χ2n) is 10.2. The number of carbonyl (C=O) groups is 2. The van der Waals surface area contributed by atoms with Crippen molar-refractivity contribution in [2.24, 2.45) is 5.92 Å². The SMILES string of the molecule is CCc1ccccc1N1C(=O)c2cc(C(C)(C)C)nn2CC1(C)C(=O)NCCC(C)C. The molecule has 1 aliphatic rings. The molecule has 6 nitrogen and oxygen atoms in total. The lowest BCUT2D eigenvalue weighted by atomic mass is 9.91. The number of amides is 2. The normalized spacial score (nSPS) is 19.0. The lowest BCUT2D eigenvalue weighted by Gasteiger charge is -2.43. The zero-order valence-corrected chi connectivity index (χ0v) is 20.0. The zero-order valence-electron chi connectivity index (χ0n) is 20.0. The summed E-state index contributed by atoms with van der Waals surface area (Å²) < 4.78 is 1.72. The number of carbonyl (C=O) groups excluding carboxylic acids is 2. The van der Waals surface area contributed by atoms with Gasteiger partial charge in [-0.15, -0.1) is 0 Å². The molecule has 2 aromatic rings. The van der Waals surface area contributed by atoms with Gasteiger partial charge in [0.1, 0.15) is 11.2 Å². The van der Waals surface area contributed by atoms with Crippen LogP contribution in [0.1, 0.15) is 76.6 Å². The van der Waals surface area contributed by atoms with E-state index in [-0.39, 0.29) is 17.2 Å². The summed E-state index contributed by atoms with van der Waals surface area (Å²) >= 11 is 0. The largest absolute Gasteiger partial charge is 0.354 e. The molecule has 0 saturated carbocycles. The van der Waals surface area contributed by atoms with Crippen molar-refractivity contribution < 1.29 is 9.59 Å². The number of hydrogen-bond acceptors (Lipinski definition) is 3. The van der Waals surface area contributed by atoms with Gasteiger partial charge in [-0.25, -0.2) is 0 Å². The molecule has 0 spiro atoms. The Hall–Kier alpha value is -2.63. The van der Waals surface area contributed by atoms with Crippen LogP contribution in [-0.2, 0) is 23.2 Å². The van der Waals surface area contributed by atoms with Crippen molar-refractivity contribution in [3.05, 3.63) is 47.3 Å². The van der Waals surface area contributed by atoms with E-state index in [4.69, 9.17) is 5.10 Å². The minimum atomic E-state index is -1.08. The second-order valence-corrected chi connectivity index (χ2v) is 10.2. The molecular formula is C25H36N4O2.